The fourth-order valence-electron chi connectivity index (χ4n) is 0.722. The van der Waals surface area contributed by atoms with Gasteiger partial charge in [0.1, 0.15) is 0 Å². The van der Waals surface area contributed by atoms with Gasteiger partial charge in [-0.25, -0.2) is 0 Å². The van der Waals surface area contributed by atoms with Crippen molar-refractivity contribution in [3.63, 3.8) is 0 Å². The van der Waals surface area contributed by atoms with Crippen molar-refractivity contribution in [2.45, 2.75) is 0 Å². The van der Waals surface area contributed by atoms with Gasteiger partial charge in [-0.1, -0.05) is 39.4 Å². The lowest BCUT2D eigenvalue weighted by molar-refractivity contribution is 1.59. The number of hydrogen-bond donors (Lipinski definition) is 0. The number of benzene rings is 1. The Kier molecular flexibility index (Phi) is 3.94. The van der Waals surface area contributed by atoms with E-state index in [2.05, 4.69) is 27.8 Å². The Morgan fingerprint density at radius 3 is 2.83 bits per heavy atom. The molecular weight excluding hydrogens is 259 g/mol. The molecule has 0 saturated heterocycles. The summed E-state index contributed by atoms with van der Waals surface area (Å²) in [5.74, 6) is 5.92. The second-order valence-corrected chi connectivity index (χ2v) is 3.65. The van der Waals surface area contributed by atoms with E-state index in [0.717, 1.165) is 10.0 Å². The summed E-state index contributed by atoms with van der Waals surface area (Å²) in [5, 5.41) is 0.649. The molecule has 0 radical (unpaired) electrons. The van der Waals surface area contributed by atoms with Gasteiger partial charge in [0.2, 0.25) is 0 Å². The van der Waals surface area contributed by atoms with Crippen LogP contribution in [0.4, 0.5) is 0 Å². The Bertz CT molecular complexity index is 336. The van der Waals surface area contributed by atoms with Crippen LogP contribution in [0.15, 0.2) is 22.7 Å². The quantitative estimate of drug-likeness (QED) is 0.495. The van der Waals surface area contributed by atoms with Crippen molar-refractivity contribution in [1.82, 2.24) is 0 Å². The van der Waals surface area contributed by atoms with E-state index in [1.54, 1.807) is 6.07 Å². The predicted octanol–water partition coefficient (Wildman–Crippen LogP) is 3.69. The van der Waals surface area contributed by atoms with Gasteiger partial charge in [0, 0.05) is 10.0 Å². The van der Waals surface area contributed by atoms with Gasteiger partial charge in [0.15, 0.2) is 0 Å². The zero-order valence-electron chi connectivity index (χ0n) is 6.07. The SMILES string of the molecule is ClCC#Cc1cc(Br)ccc1Cl. The minimum atomic E-state index is 0.322. The summed E-state index contributed by atoms with van der Waals surface area (Å²) in [7, 11) is 0. The van der Waals surface area contributed by atoms with Crippen molar-refractivity contribution in [3.05, 3.63) is 33.3 Å². The van der Waals surface area contributed by atoms with E-state index >= 15 is 0 Å². The lowest BCUT2D eigenvalue weighted by atomic mass is 10.2. The molecule has 0 aromatic heterocycles. The first-order valence-corrected chi connectivity index (χ1v) is 4.94. The highest BCUT2D eigenvalue weighted by Gasteiger charge is 1.96. The molecule has 0 N–H and O–H groups in total. The third kappa shape index (κ3) is 2.71. The zero-order chi connectivity index (χ0) is 8.97. The van der Waals surface area contributed by atoms with Gasteiger partial charge in [-0.15, -0.1) is 11.6 Å². The van der Waals surface area contributed by atoms with Crippen LogP contribution in [-0.2, 0) is 0 Å². The molecule has 0 unspecified atom stereocenters. The Morgan fingerprint density at radius 1 is 1.42 bits per heavy atom. The second kappa shape index (κ2) is 4.77. The largest absolute Gasteiger partial charge is 0.113 e. The van der Waals surface area contributed by atoms with Crippen molar-refractivity contribution < 1.29 is 0 Å². The molecule has 0 aliphatic heterocycles. The topological polar surface area (TPSA) is 0 Å². The van der Waals surface area contributed by atoms with Gasteiger partial charge in [0.05, 0.1) is 10.9 Å². The van der Waals surface area contributed by atoms with Gasteiger partial charge in [-0.2, -0.15) is 0 Å². The highest BCUT2D eigenvalue weighted by atomic mass is 79.9. The van der Waals surface area contributed by atoms with Crippen LogP contribution in [0.2, 0.25) is 5.02 Å². The monoisotopic (exact) mass is 262 g/mol. The van der Waals surface area contributed by atoms with Crippen LogP contribution in [-0.4, -0.2) is 5.88 Å². The molecule has 0 spiro atoms. The van der Waals surface area contributed by atoms with E-state index in [1.807, 2.05) is 12.1 Å². The molecule has 62 valence electrons. The Morgan fingerprint density at radius 2 is 2.17 bits per heavy atom. The molecule has 0 bridgehead atoms. The van der Waals surface area contributed by atoms with Crippen molar-refractivity contribution in [2.75, 3.05) is 5.88 Å². The summed E-state index contributed by atoms with van der Waals surface area (Å²) in [6, 6.07) is 5.53. The Balaban J connectivity index is 3.05. The molecule has 3 heteroatoms. The molecule has 0 aliphatic rings. The van der Waals surface area contributed by atoms with E-state index in [9.17, 15) is 0 Å². The molecule has 12 heavy (non-hydrogen) atoms. The van der Waals surface area contributed by atoms with Crippen LogP contribution in [0.25, 0.3) is 0 Å². The minimum absolute atomic E-state index is 0.322. The highest BCUT2D eigenvalue weighted by molar-refractivity contribution is 9.10. The summed E-state index contributed by atoms with van der Waals surface area (Å²) in [6.07, 6.45) is 0. The van der Waals surface area contributed by atoms with Crippen LogP contribution >= 0.6 is 39.1 Å². The van der Waals surface area contributed by atoms with E-state index in [4.69, 9.17) is 23.2 Å². The molecule has 1 rings (SSSR count). The molecule has 0 fully saturated rings. The summed E-state index contributed by atoms with van der Waals surface area (Å²) in [5.41, 5.74) is 0.798. The standard InChI is InChI=1S/C9H5BrCl2/c10-8-3-4-9(12)7(6-8)2-1-5-11/h3-4,6H,5H2. The van der Waals surface area contributed by atoms with Gasteiger partial charge < -0.3 is 0 Å². The molecule has 0 aliphatic carbocycles. The first-order chi connectivity index (χ1) is 5.74. The lowest BCUT2D eigenvalue weighted by Gasteiger charge is -1.95. The summed E-state index contributed by atoms with van der Waals surface area (Å²) in [6.45, 7) is 0. The number of alkyl halides is 1. The minimum Gasteiger partial charge on any atom is -0.113 e. The molecule has 1 aromatic rings. The maximum absolute atomic E-state index is 5.87. The van der Waals surface area contributed by atoms with Crippen molar-refractivity contribution in [1.29, 1.82) is 0 Å². The molecule has 0 heterocycles. The first kappa shape index (κ1) is 9.92. The van der Waals surface area contributed by atoms with Gasteiger partial charge >= 0.3 is 0 Å². The first-order valence-electron chi connectivity index (χ1n) is 3.24. The Hall–Kier alpha value is -0.160. The van der Waals surface area contributed by atoms with Crippen LogP contribution < -0.4 is 0 Å². The maximum Gasteiger partial charge on any atom is 0.0839 e. The number of halogens is 3. The summed E-state index contributed by atoms with van der Waals surface area (Å²) >= 11 is 14.6. The Labute approximate surface area is 90.0 Å². The zero-order valence-corrected chi connectivity index (χ0v) is 9.17. The third-order valence-electron chi connectivity index (χ3n) is 1.22. The fraction of sp³-hybridized carbons (Fsp3) is 0.111. The summed E-state index contributed by atoms with van der Waals surface area (Å²) < 4.78 is 0.964. The highest BCUT2D eigenvalue weighted by Crippen LogP contribution is 2.19. The van der Waals surface area contributed by atoms with Gasteiger partial charge in [0.25, 0.3) is 0 Å². The van der Waals surface area contributed by atoms with Crippen molar-refractivity contribution in [3.8, 4) is 11.8 Å². The van der Waals surface area contributed by atoms with E-state index < -0.39 is 0 Å². The van der Waals surface area contributed by atoms with Crippen LogP contribution in [0.1, 0.15) is 5.56 Å². The van der Waals surface area contributed by atoms with Crippen LogP contribution in [0.3, 0.4) is 0 Å². The maximum atomic E-state index is 5.87. The molecule has 0 atom stereocenters. The average Bonchev–Trinajstić information content (AvgIpc) is 2.07. The molecule has 1 aromatic carbocycles. The second-order valence-electron chi connectivity index (χ2n) is 2.06. The number of hydrogen-bond acceptors (Lipinski definition) is 0. The smallest absolute Gasteiger partial charge is 0.0839 e. The number of rotatable bonds is 0. The third-order valence-corrected chi connectivity index (χ3v) is 2.17. The van der Waals surface area contributed by atoms with E-state index in [1.165, 1.54) is 0 Å². The van der Waals surface area contributed by atoms with E-state index in [-0.39, 0.29) is 0 Å². The van der Waals surface area contributed by atoms with Crippen molar-refractivity contribution >= 4 is 39.1 Å². The fourth-order valence-corrected chi connectivity index (χ4v) is 1.31. The molecule has 0 amide bonds. The van der Waals surface area contributed by atoms with Gasteiger partial charge in [-0.3, -0.25) is 0 Å². The van der Waals surface area contributed by atoms with Crippen LogP contribution in [0.5, 0.6) is 0 Å². The predicted molar refractivity (Wildman–Crippen MR) is 56.8 cm³/mol. The van der Waals surface area contributed by atoms with Crippen LogP contribution in [0, 0.1) is 11.8 Å². The average molecular weight is 264 g/mol. The summed E-state index contributed by atoms with van der Waals surface area (Å²) in [4.78, 5) is 0. The van der Waals surface area contributed by atoms with Gasteiger partial charge in [-0.05, 0) is 18.2 Å². The normalized spacial score (nSPS) is 8.92. The lowest BCUT2D eigenvalue weighted by Crippen LogP contribution is -1.77. The molecular formula is C9H5BrCl2. The molecule has 0 nitrogen and oxygen atoms in total. The van der Waals surface area contributed by atoms with E-state index in [0.29, 0.717) is 10.9 Å². The molecule has 0 saturated carbocycles. The van der Waals surface area contributed by atoms with Crippen molar-refractivity contribution in [2.24, 2.45) is 0 Å².